The number of carbonyl (C=O) groups is 1. The molecule has 4 nitrogen and oxygen atoms in total. The average molecular weight is 262 g/mol. The minimum atomic E-state index is -0.0668. The van der Waals surface area contributed by atoms with Crippen molar-refractivity contribution in [1.29, 1.82) is 0 Å². The van der Waals surface area contributed by atoms with Crippen LogP contribution in [-0.2, 0) is 0 Å². The first-order chi connectivity index (χ1) is 9.11. The van der Waals surface area contributed by atoms with Gasteiger partial charge in [-0.3, -0.25) is 4.79 Å². The molecule has 0 radical (unpaired) electrons. The van der Waals surface area contributed by atoms with E-state index in [0.717, 1.165) is 24.8 Å². The third-order valence-electron chi connectivity index (χ3n) is 3.98. The number of benzene rings is 1. The van der Waals surface area contributed by atoms with Crippen LogP contribution in [0.5, 0.6) is 5.75 Å². The van der Waals surface area contributed by atoms with Crippen molar-refractivity contribution >= 4 is 5.91 Å². The lowest BCUT2D eigenvalue weighted by molar-refractivity contribution is 0.0907. The highest BCUT2D eigenvalue weighted by Gasteiger charge is 2.25. The van der Waals surface area contributed by atoms with Crippen LogP contribution in [0.25, 0.3) is 0 Å². The van der Waals surface area contributed by atoms with Crippen LogP contribution >= 0.6 is 0 Å². The molecule has 0 saturated heterocycles. The van der Waals surface area contributed by atoms with Crippen LogP contribution in [0.15, 0.2) is 18.2 Å². The molecule has 1 amide bonds. The second kappa shape index (κ2) is 6.06. The van der Waals surface area contributed by atoms with Gasteiger partial charge in [0.25, 0.3) is 5.91 Å². The van der Waals surface area contributed by atoms with Crippen LogP contribution in [0.2, 0.25) is 0 Å². The average Bonchev–Trinajstić information content (AvgIpc) is 2.39. The summed E-state index contributed by atoms with van der Waals surface area (Å²) in [6.07, 6.45) is 4.45. The standard InChI is InChI=1S/C15H22N2O2/c1-10-8-12(18)6-7-13(10)15(19)17-14-5-3-2-4-11(14)9-16/h6-8,11,14,18H,2-5,9,16H2,1H3,(H,17,19). The SMILES string of the molecule is Cc1cc(O)ccc1C(=O)NC1CCCCC1CN. The van der Waals surface area contributed by atoms with Gasteiger partial charge in [0.2, 0.25) is 0 Å². The van der Waals surface area contributed by atoms with Gasteiger partial charge in [-0.15, -0.1) is 0 Å². The van der Waals surface area contributed by atoms with E-state index in [1.807, 2.05) is 6.92 Å². The molecule has 4 N–H and O–H groups in total. The number of hydrogen-bond acceptors (Lipinski definition) is 3. The Hall–Kier alpha value is -1.55. The Kier molecular flexibility index (Phi) is 4.43. The minimum Gasteiger partial charge on any atom is -0.508 e. The fourth-order valence-electron chi connectivity index (χ4n) is 2.83. The van der Waals surface area contributed by atoms with Gasteiger partial charge in [0.1, 0.15) is 5.75 Å². The Morgan fingerprint density at radius 1 is 1.42 bits per heavy atom. The summed E-state index contributed by atoms with van der Waals surface area (Å²) in [7, 11) is 0. The lowest BCUT2D eigenvalue weighted by atomic mass is 9.84. The summed E-state index contributed by atoms with van der Waals surface area (Å²) >= 11 is 0. The monoisotopic (exact) mass is 262 g/mol. The largest absolute Gasteiger partial charge is 0.508 e. The number of rotatable bonds is 3. The number of phenolic OH excluding ortho intramolecular Hbond substituents is 1. The summed E-state index contributed by atoms with van der Waals surface area (Å²) in [6.45, 7) is 2.45. The van der Waals surface area contributed by atoms with E-state index in [2.05, 4.69) is 5.32 Å². The highest BCUT2D eigenvalue weighted by Crippen LogP contribution is 2.24. The van der Waals surface area contributed by atoms with Gasteiger partial charge in [-0.1, -0.05) is 12.8 Å². The lowest BCUT2D eigenvalue weighted by Gasteiger charge is -2.31. The molecule has 0 bridgehead atoms. The minimum absolute atomic E-state index is 0.0668. The number of amides is 1. The van der Waals surface area contributed by atoms with Crippen molar-refractivity contribution in [3.63, 3.8) is 0 Å². The van der Waals surface area contributed by atoms with E-state index >= 15 is 0 Å². The molecule has 0 heterocycles. The van der Waals surface area contributed by atoms with Gasteiger partial charge < -0.3 is 16.2 Å². The first kappa shape index (κ1) is 13.9. The summed E-state index contributed by atoms with van der Waals surface area (Å²) in [5.41, 5.74) is 7.19. The van der Waals surface area contributed by atoms with Crippen molar-refractivity contribution in [3.8, 4) is 5.75 Å². The van der Waals surface area contributed by atoms with Crippen molar-refractivity contribution in [3.05, 3.63) is 29.3 Å². The molecule has 0 aliphatic heterocycles. The van der Waals surface area contributed by atoms with Crippen LogP contribution in [0.1, 0.15) is 41.6 Å². The maximum Gasteiger partial charge on any atom is 0.251 e. The highest BCUT2D eigenvalue weighted by molar-refractivity contribution is 5.96. The Bertz CT molecular complexity index is 459. The number of aromatic hydroxyl groups is 1. The second-order valence-corrected chi connectivity index (χ2v) is 5.36. The molecular formula is C15H22N2O2. The predicted octanol–water partition coefficient (Wildman–Crippen LogP) is 1.95. The molecule has 104 valence electrons. The van der Waals surface area contributed by atoms with Gasteiger partial charge in [-0.25, -0.2) is 0 Å². The molecule has 1 aromatic carbocycles. The molecule has 0 aromatic heterocycles. The highest BCUT2D eigenvalue weighted by atomic mass is 16.3. The van der Waals surface area contributed by atoms with Crippen molar-refractivity contribution in [1.82, 2.24) is 5.32 Å². The van der Waals surface area contributed by atoms with Gasteiger partial charge in [-0.2, -0.15) is 0 Å². The number of phenols is 1. The van der Waals surface area contributed by atoms with E-state index in [1.54, 1.807) is 18.2 Å². The molecule has 2 rings (SSSR count). The third-order valence-corrected chi connectivity index (χ3v) is 3.98. The molecule has 1 aliphatic rings. The Labute approximate surface area is 114 Å². The first-order valence-electron chi connectivity index (χ1n) is 6.92. The fourth-order valence-corrected chi connectivity index (χ4v) is 2.83. The van der Waals surface area contributed by atoms with E-state index in [4.69, 9.17) is 5.73 Å². The molecule has 1 aliphatic carbocycles. The fraction of sp³-hybridized carbons (Fsp3) is 0.533. The molecule has 2 unspecified atom stereocenters. The van der Waals surface area contributed by atoms with Gasteiger partial charge in [0, 0.05) is 11.6 Å². The molecule has 1 fully saturated rings. The predicted molar refractivity (Wildman–Crippen MR) is 75.1 cm³/mol. The van der Waals surface area contributed by atoms with Crippen LogP contribution in [-0.4, -0.2) is 23.6 Å². The van der Waals surface area contributed by atoms with Gasteiger partial charge in [0.05, 0.1) is 0 Å². The quantitative estimate of drug-likeness (QED) is 0.779. The zero-order chi connectivity index (χ0) is 13.8. The van der Waals surface area contributed by atoms with Crippen molar-refractivity contribution in [2.24, 2.45) is 11.7 Å². The van der Waals surface area contributed by atoms with Gasteiger partial charge in [-0.05, 0) is 56.0 Å². The Morgan fingerprint density at radius 2 is 2.16 bits per heavy atom. The molecule has 19 heavy (non-hydrogen) atoms. The third kappa shape index (κ3) is 3.26. The number of aryl methyl sites for hydroxylation is 1. The molecule has 1 aromatic rings. The van der Waals surface area contributed by atoms with E-state index < -0.39 is 0 Å². The Morgan fingerprint density at radius 3 is 2.84 bits per heavy atom. The Balaban J connectivity index is 2.07. The summed E-state index contributed by atoms with van der Waals surface area (Å²) in [5, 5.41) is 12.5. The number of hydrogen-bond donors (Lipinski definition) is 3. The summed E-state index contributed by atoms with van der Waals surface area (Å²) < 4.78 is 0. The van der Waals surface area contributed by atoms with Crippen LogP contribution in [0.4, 0.5) is 0 Å². The molecular weight excluding hydrogens is 240 g/mol. The van der Waals surface area contributed by atoms with Crippen LogP contribution in [0, 0.1) is 12.8 Å². The van der Waals surface area contributed by atoms with E-state index in [1.165, 1.54) is 6.42 Å². The van der Waals surface area contributed by atoms with Gasteiger partial charge >= 0.3 is 0 Å². The lowest BCUT2D eigenvalue weighted by Crippen LogP contribution is -2.44. The second-order valence-electron chi connectivity index (χ2n) is 5.36. The summed E-state index contributed by atoms with van der Waals surface area (Å²) in [4.78, 5) is 12.3. The van der Waals surface area contributed by atoms with E-state index in [0.29, 0.717) is 18.0 Å². The molecule has 4 heteroatoms. The van der Waals surface area contributed by atoms with Crippen molar-refractivity contribution < 1.29 is 9.90 Å². The van der Waals surface area contributed by atoms with Crippen LogP contribution < -0.4 is 11.1 Å². The van der Waals surface area contributed by atoms with Crippen molar-refractivity contribution in [2.45, 2.75) is 38.6 Å². The number of nitrogens with one attached hydrogen (secondary N) is 1. The molecule has 2 atom stereocenters. The van der Waals surface area contributed by atoms with Crippen LogP contribution in [0.3, 0.4) is 0 Å². The summed E-state index contributed by atoms with van der Waals surface area (Å²) in [6, 6.07) is 5.00. The smallest absolute Gasteiger partial charge is 0.251 e. The molecule has 1 saturated carbocycles. The number of nitrogens with two attached hydrogens (primary N) is 1. The topological polar surface area (TPSA) is 75.3 Å². The normalized spacial score (nSPS) is 23.1. The van der Waals surface area contributed by atoms with Crippen molar-refractivity contribution in [2.75, 3.05) is 6.54 Å². The van der Waals surface area contributed by atoms with Gasteiger partial charge in [0.15, 0.2) is 0 Å². The first-order valence-corrected chi connectivity index (χ1v) is 6.92. The maximum atomic E-state index is 12.3. The van der Waals surface area contributed by atoms with E-state index in [9.17, 15) is 9.90 Å². The van der Waals surface area contributed by atoms with E-state index in [-0.39, 0.29) is 17.7 Å². The zero-order valence-electron chi connectivity index (χ0n) is 11.4. The molecule has 0 spiro atoms. The summed E-state index contributed by atoms with van der Waals surface area (Å²) in [5.74, 6) is 0.504. The maximum absolute atomic E-state index is 12.3. The zero-order valence-corrected chi connectivity index (χ0v) is 11.4. The number of carbonyl (C=O) groups excluding carboxylic acids is 1.